The second-order valence-electron chi connectivity index (χ2n) is 8.09. The molecule has 0 bridgehead atoms. The molecule has 1 rings (SSSR count). The Morgan fingerprint density at radius 1 is 0.692 bits per heavy atom. The minimum absolute atomic E-state index is 0.0457. The summed E-state index contributed by atoms with van der Waals surface area (Å²) in [5.74, 6) is -7.22. The van der Waals surface area contributed by atoms with E-state index in [1.54, 1.807) is 0 Å². The van der Waals surface area contributed by atoms with E-state index in [9.17, 15) is 38.7 Å². The summed E-state index contributed by atoms with van der Waals surface area (Å²) in [6, 6.07) is 4.65. The maximum Gasteiger partial charge on any atom is 0.345 e. The number of carbonyl (C=O) groups excluding carboxylic acids is 7. The number of carbonyl (C=O) groups is 7. The number of unbranched alkanes of at least 4 members (excludes halogenated alkanes) is 2. The molecule has 0 aliphatic rings. The summed E-state index contributed by atoms with van der Waals surface area (Å²) >= 11 is 0. The average molecular weight is 555 g/mol. The highest BCUT2D eigenvalue weighted by Crippen LogP contribution is 2.10. The van der Waals surface area contributed by atoms with Crippen LogP contribution in [0.1, 0.15) is 72.6 Å². The second kappa shape index (κ2) is 17.5. The smallest absolute Gasteiger partial charge is 0.345 e. The SMILES string of the molecule is CC(O)C(=O)OC(=O)c1ccc(C(=O)OC(=O)CCCCC(=O)OC(=O)CC(O)C(=O)OCCCCO)cc1. The van der Waals surface area contributed by atoms with Crippen LogP contribution in [0.2, 0.25) is 0 Å². The third kappa shape index (κ3) is 13.4. The Kier molecular flexibility index (Phi) is 14.8. The third-order valence-corrected chi connectivity index (χ3v) is 4.77. The Morgan fingerprint density at radius 3 is 1.72 bits per heavy atom. The Bertz CT molecular complexity index is 1030. The van der Waals surface area contributed by atoms with Crippen molar-refractivity contribution in [3.05, 3.63) is 35.4 Å². The van der Waals surface area contributed by atoms with Crippen molar-refractivity contribution in [1.82, 2.24) is 0 Å². The van der Waals surface area contributed by atoms with Crippen LogP contribution >= 0.6 is 0 Å². The normalized spacial score (nSPS) is 12.0. The fraction of sp³-hybridized carbons (Fsp3) is 0.480. The van der Waals surface area contributed by atoms with Gasteiger partial charge in [-0.2, -0.15) is 0 Å². The van der Waals surface area contributed by atoms with E-state index in [0.717, 1.165) is 19.1 Å². The summed E-state index contributed by atoms with van der Waals surface area (Å²) in [6.07, 6.45) is -3.60. The van der Waals surface area contributed by atoms with E-state index >= 15 is 0 Å². The van der Waals surface area contributed by atoms with E-state index in [0.29, 0.717) is 12.8 Å². The van der Waals surface area contributed by atoms with Gasteiger partial charge in [-0.1, -0.05) is 0 Å². The van der Waals surface area contributed by atoms with Crippen LogP contribution in [0, 0.1) is 0 Å². The van der Waals surface area contributed by atoms with Gasteiger partial charge in [-0.25, -0.2) is 19.2 Å². The molecule has 14 heteroatoms. The lowest BCUT2D eigenvalue weighted by Gasteiger charge is -2.10. The van der Waals surface area contributed by atoms with Gasteiger partial charge in [-0.05, 0) is 56.9 Å². The summed E-state index contributed by atoms with van der Waals surface area (Å²) in [5, 5.41) is 27.3. The van der Waals surface area contributed by atoms with Gasteiger partial charge in [0.05, 0.1) is 24.2 Å². The number of rotatable bonds is 15. The first-order valence-electron chi connectivity index (χ1n) is 11.9. The van der Waals surface area contributed by atoms with Crippen molar-refractivity contribution in [2.45, 2.75) is 64.1 Å². The number of ether oxygens (including phenoxy) is 4. The highest BCUT2D eigenvalue weighted by molar-refractivity contribution is 6.00. The zero-order valence-electron chi connectivity index (χ0n) is 21.2. The number of benzene rings is 1. The molecule has 0 aromatic heterocycles. The zero-order valence-corrected chi connectivity index (χ0v) is 21.2. The molecular weight excluding hydrogens is 524 g/mol. The Labute approximate surface area is 222 Å². The quantitative estimate of drug-likeness (QED) is 0.114. The van der Waals surface area contributed by atoms with Crippen LogP contribution in [0.3, 0.4) is 0 Å². The van der Waals surface area contributed by atoms with Crippen LogP contribution in [0.15, 0.2) is 24.3 Å². The van der Waals surface area contributed by atoms with Gasteiger partial charge in [0.25, 0.3) is 0 Å². The topological polar surface area (TPSA) is 217 Å². The molecule has 214 valence electrons. The number of esters is 7. The maximum atomic E-state index is 12.1. The predicted octanol–water partition coefficient (Wildman–Crippen LogP) is 0.131. The molecule has 0 spiro atoms. The summed E-state index contributed by atoms with van der Waals surface area (Å²) in [7, 11) is 0. The first-order chi connectivity index (χ1) is 18.4. The number of hydrogen-bond acceptors (Lipinski definition) is 14. The van der Waals surface area contributed by atoms with E-state index in [1.165, 1.54) is 12.1 Å². The molecular formula is C25H30O14. The summed E-state index contributed by atoms with van der Waals surface area (Å²) < 4.78 is 18.3. The molecule has 0 saturated carbocycles. The maximum absolute atomic E-state index is 12.1. The monoisotopic (exact) mass is 554 g/mol. The highest BCUT2D eigenvalue weighted by Gasteiger charge is 2.23. The molecule has 0 aliphatic heterocycles. The molecule has 0 fully saturated rings. The van der Waals surface area contributed by atoms with Gasteiger partial charge in [0, 0.05) is 19.4 Å². The van der Waals surface area contributed by atoms with Gasteiger partial charge in [0.2, 0.25) is 0 Å². The standard InChI is InChI=1S/C25H30O14/c1-15(27)22(32)39-24(34)17-10-8-16(9-11-17)23(33)38-20(30)7-3-2-6-19(29)37-21(31)14-18(28)25(35)36-13-5-4-12-26/h8-11,15,18,26-28H,2-7,12-14H2,1H3. The van der Waals surface area contributed by atoms with Crippen LogP contribution in [0.5, 0.6) is 0 Å². The first kappa shape index (κ1) is 33.0. The molecule has 2 unspecified atom stereocenters. The van der Waals surface area contributed by atoms with E-state index in [1.807, 2.05) is 0 Å². The fourth-order valence-electron chi connectivity index (χ4n) is 2.67. The molecule has 0 radical (unpaired) electrons. The second-order valence-corrected chi connectivity index (χ2v) is 8.09. The van der Waals surface area contributed by atoms with Gasteiger partial charge in [0.15, 0.2) is 6.10 Å². The van der Waals surface area contributed by atoms with Crippen molar-refractivity contribution in [3.63, 3.8) is 0 Å². The van der Waals surface area contributed by atoms with Crippen LogP contribution < -0.4 is 0 Å². The largest absolute Gasteiger partial charge is 0.464 e. The lowest BCUT2D eigenvalue weighted by molar-refractivity contribution is -0.166. The van der Waals surface area contributed by atoms with Crippen LogP contribution in [0.4, 0.5) is 0 Å². The summed E-state index contributed by atoms with van der Waals surface area (Å²) in [5.41, 5.74) is -0.152. The Hall–Kier alpha value is -4.01. The van der Waals surface area contributed by atoms with Crippen LogP contribution in [-0.4, -0.2) is 82.5 Å². The molecule has 0 saturated heterocycles. The summed E-state index contributed by atoms with van der Waals surface area (Å²) in [6.45, 7) is 0.996. The number of aliphatic hydroxyl groups is 3. The summed E-state index contributed by atoms with van der Waals surface area (Å²) in [4.78, 5) is 81.9. The number of hydrogen-bond donors (Lipinski definition) is 3. The predicted molar refractivity (Wildman–Crippen MR) is 126 cm³/mol. The Morgan fingerprint density at radius 2 is 1.21 bits per heavy atom. The molecule has 1 aromatic carbocycles. The third-order valence-electron chi connectivity index (χ3n) is 4.77. The van der Waals surface area contributed by atoms with Crippen LogP contribution in [0.25, 0.3) is 0 Å². The molecule has 0 amide bonds. The lowest BCUT2D eigenvalue weighted by atomic mass is 10.1. The van der Waals surface area contributed by atoms with Crippen molar-refractivity contribution in [2.75, 3.05) is 13.2 Å². The first-order valence-corrected chi connectivity index (χ1v) is 11.9. The number of aliphatic hydroxyl groups excluding tert-OH is 3. The molecule has 3 N–H and O–H groups in total. The van der Waals surface area contributed by atoms with Gasteiger partial charge in [-0.3, -0.25) is 14.4 Å². The van der Waals surface area contributed by atoms with Crippen molar-refractivity contribution in [2.24, 2.45) is 0 Å². The van der Waals surface area contributed by atoms with Crippen molar-refractivity contribution < 1.29 is 67.8 Å². The molecule has 0 aliphatic carbocycles. The molecule has 39 heavy (non-hydrogen) atoms. The van der Waals surface area contributed by atoms with E-state index in [2.05, 4.69) is 14.2 Å². The highest BCUT2D eigenvalue weighted by atomic mass is 16.6. The minimum Gasteiger partial charge on any atom is -0.464 e. The van der Waals surface area contributed by atoms with Gasteiger partial charge in [-0.15, -0.1) is 0 Å². The van der Waals surface area contributed by atoms with Gasteiger partial charge in [0.1, 0.15) is 6.10 Å². The Balaban J connectivity index is 2.31. The van der Waals surface area contributed by atoms with Crippen molar-refractivity contribution in [1.29, 1.82) is 0 Å². The fourth-order valence-corrected chi connectivity index (χ4v) is 2.67. The lowest BCUT2D eigenvalue weighted by Crippen LogP contribution is -2.28. The average Bonchev–Trinajstić information content (AvgIpc) is 2.88. The van der Waals surface area contributed by atoms with Gasteiger partial charge < -0.3 is 34.3 Å². The van der Waals surface area contributed by atoms with E-state index < -0.39 is 60.4 Å². The van der Waals surface area contributed by atoms with E-state index in [4.69, 9.17) is 14.9 Å². The molecule has 2 atom stereocenters. The molecule has 0 heterocycles. The van der Waals surface area contributed by atoms with E-state index in [-0.39, 0.29) is 50.0 Å². The van der Waals surface area contributed by atoms with Crippen molar-refractivity contribution >= 4 is 41.8 Å². The zero-order chi connectivity index (χ0) is 29.4. The van der Waals surface area contributed by atoms with Crippen molar-refractivity contribution in [3.8, 4) is 0 Å². The van der Waals surface area contributed by atoms with Crippen LogP contribution in [-0.2, 0) is 42.9 Å². The molecule has 14 nitrogen and oxygen atoms in total. The van der Waals surface area contributed by atoms with Gasteiger partial charge >= 0.3 is 41.8 Å². The molecule has 1 aromatic rings. The minimum atomic E-state index is -1.81.